The Morgan fingerprint density at radius 1 is 1.12 bits per heavy atom. The molecule has 0 spiro atoms. The van der Waals surface area contributed by atoms with Gasteiger partial charge in [-0.1, -0.05) is 5.57 Å². The molecule has 1 aliphatic rings. The number of hydrogen-bond acceptors (Lipinski definition) is 2. The Kier molecular flexibility index (Phi) is 3.89. The van der Waals surface area contributed by atoms with Crippen molar-refractivity contribution >= 4 is 5.97 Å². The molecule has 98 valence electrons. The molecule has 0 aliphatic heterocycles. The van der Waals surface area contributed by atoms with Gasteiger partial charge < -0.3 is 4.74 Å². The average molecular weight is 250 g/mol. The van der Waals surface area contributed by atoms with Crippen molar-refractivity contribution < 1.29 is 22.7 Å². The van der Waals surface area contributed by atoms with Gasteiger partial charge in [0, 0.05) is 0 Å². The summed E-state index contributed by atoms with van der Waals surface area (Å²) in [6.07, 6.45) is -2.53. The van der Waals surface area contributed by atoms with Crippen molar-refractivity contribution in [3.8, 4) is 0 Å². The van der Waals surface area contributed by atoms with E-state index in [1.54, 1.807) is 20.8 Å². The van der Waals surface area contributed by atoms with Crippen molar-refractivity contribution in [1.82, 2.24) is 0 Å². The molecule has 0 bridgehead atoms. The van der Waals surface area contributed by atoms with Gasteiger partial charge in [0.2, 0.25) is 0 Å². The first kappa shape index (κ1) is 14.1. The van der Waals surface area contributed by atoms with E-state index in [-0.39, 0.29) is 5.57 Å². The van der Waals surface area contributed by atoms with Gasteiger partial charge in [0.1, 0.15) is 11.2 Å². The monoisotopic (exact) mass is 250 g/mol. The molecule has 0 saturated heterocycles. The topological polar surface area (TPSA) is 26.3 Å². The normalized spacial score (nSPS) is 17.2. The maximum Gasteiger partial charge on any atom is 0.423 e. The lowest BCUT2D eigenvalue weighted by molar-refractivity contribution is -0.160. The highest BCUT2D eigenvalue weighted by Crippen LogP contribution is 2.37. The molecule has 1 aliphatic carbocycles. The Hall–Kier alpha value is -1.00. The van der Waals surface area contributed by atoms with Gasteiger partial charge in [-0.15, -0.1) is 0 Å². The molecule has 1 fully saturated rings. The van der Waals surface area contributed by atoms with Gasteiger partial charge in [-0.05, 0) is 46.5 Å². The Labute approximate surface area is 98.8 Å². The van der Waals surface area contributed by atoms with E-state index in [1.807, 2.05) is 0 Å². The largest absolute Gasteiger partial charge is 0.456 e. The molecule has 0 aromatic carbocycles. The Balaban J connectivity index is 3.01. The number of esters is 1. The van der Waals surface area contributed by atoms with Gasteiger partial charge in [0.25, 0.3) is 0 Å². The van der Waals surface area contributed by atoms with Crippen molar-refractivity contribution in [3.05, 3.63) is 11.1 Å². The fourth-order valence-electron chi connectivity index (χ4n) is 1.84. The predicted molar refractivity (Wildman–Crippen MR) is 57.4 cm³/mol. The summed E-state index contributed by atoms with van der Waals surface area (Å²) >= 11 is 0. The second-order valence-corrected chi connectivity index (χ2v) is 5.19. The van der Waals surface area contributed by atoms with Gasteiger partial charge in [0.15, 0.2) is 0 Å². The van der Waals surface area contributed by atoms with E-state index in [9.17, 15) is 18.0 Å². The zero-order valence-corrected chi connectivity index (χ0v) is 10.3. The van der Waals surface area contributed by atoms with Crippen LogP contribution < -0.4 is 0 Å². The fraction of sp³-hybridized carbons (Fsp3) is 0.750. The highest BCUT2D eigenvalue weighted by Gasteiger charge is 2.43. The summed E-state index contributed by atoms with van der Waals surface area (Å²) in [4.78, 5) is 11.6. The minimum absolute atomic E-state index is 0.187. The minimum Gasteiger partial charge on any atom is -0.456 e. The molecule has 1 rings (SSSR count). The van der Waals surface area contributed by atoms with Crippen LogP contribution in [0.15, 0.2) is 11.1 Å². The number of ether oxygens (including phenoxy) is 1. The quantitative estimate of drug-likeness (QED) is 0.523. The lowest BCUT2D eigenvalue weighted by Crippen LogP contribution is -2.30. The smallest absolute Gasteiger partial charge is 0.423 e. The molecular weight excluding hydrogens is 233 g/mol. The van der Waals surface area contributed by atoms with E-state index in [1.165, 1.54) is 0 Å². The van der Waals surface area contributed by atoms with Crippen LogP contribution in [-0.2, 0) is 9.53 Å². The number of alkyl halides is 3. The SMILES string of the molecule is CC(C)(C)OC(=O)C(=C1CCCC1)C(F)(F)F. The second kappa shape index (κ2) is 4.70. The third-order valence-electron chi connectivity index (χ3n) is 2.45. The Bertz CT molecular complexity index is 327. The first-order chi connectivity index (χ1) is 7.61. The zero-order chi connectivity index (χ0) is 13.3. The molecule has 0 aromatic heterocycles. The summed E-state index contributed by atoms with van der Waals surface area (Å²) in [5.41, 5.74) is -1.82. The molecular formula is C12H17F3O2. The molecule has 0 unspecified atom stereocenters. The predicted octanol–water partition coefficient (Wildman–Crippen LogP) is 3.76. The molecule has 0 radical (unpaired) electrons. The highest BCUT2D eigenvalue weighted by atomic mass is 19.4. The van der Waals surface area contributed by atoms with E-state index in [4.69, 9.17) is 4.74 Å². The summed E-state index contributed by atoms with van der Waals surface area (Å²) in [6.45, 7) is 4.66. The van der Waals surface area contributed by atoms with Crippen LogP contribution in [0, 0.1) is 0 Å². The van der Waals surface area contributed by atoms with Gasteiger partial charge in [-0.2, -0.15) is 13.2 Å². The summed E-state index contributed by atoms with van der Waals surface area (Å²) < 4.78 is 43.3. The molecule has 5 heteroatoms. The average Bonchev–Trinajstić information content (AvgIpc) is 2.49. The summed E-state index contributed by atoms with van der Waals surface area (Å²) in [7, 11) is 0. The summed E-state index contributed by atoms with van der Waals surface area (Å²) in [5.74, 6) is -1.25. The number of carbonyl (C=O) groups excluding carboxylic acids is 1. The minimum atomic E-state index is -4.62. The van der Waals surface area contributed by atoms with Crippen LogP contribution in [0.5, 0.6) is 0 Å². The maximum absolute atomic E-state index is 12.8. The van der Waals surface area contributed by atoms with Crippen molar-refractivity contribution in [2.45, 2.75) is 58.2 Å². The molecule has 17 heavy (non-hydrogen) atoms. The van der Waals surface area contributed by atoms with E-state index < -0.39 is 23.3 Å². The second-order valence-electron chi connectivity index (χ2n) is 5.19. The Morgan fingerprint density at radius 3 is 1.94 bits per heavy atom. The van der Waals surface area contributed by atoms with Crippen LogP contribution in [0.1, 0.15) is 46.5 Å². The molecule has 0 N–H and O–H groups in total. The fourth-order valence-corrected chi connectivity index (χ4v) is 1.84. The summed E-state index contributed by atoms with van der Waals surface area (Å²) in [6, 6.07) is 0. The van der Waals surface area contributed by atoms with Crippen LogP contribution in [0.4, 0.5) is 13.2 Å². The first-order valence-electron chi connectivity index (χ1n) is 5.64. The van der Waals surface area contributed by atoms with Crippen LogP contribution in [0.2, 0.25) is 0 Å². The standard InChI is InChI=1S/C12H17F3O2/c1-11(2,3)17-10(16)9(12(13,14)15)8-6-4-5-7-8/h4-7H2,1-3H3. The molecule has 1 saturated carbocycles. The van der Waals surface area contributed by atoms with Crippen molar-refractivity contribution in [2.24, 2.45) is 0 Å². The van der Waals surface area contributed by atoms with Crippen LogP contribution in [0.25, 0.3) is 0 Å². The van der Waals surface area contributed by atoms with E-state index in [2.05, 4.69) is 0 Å². The third-order valence-corrected chi connectivity index (χ3v) is 2.45. The van der Waals surface area contributed by atoms with Gasteiger partial charge >= 0.3 is 12.1 Å². The lowest BCUT2D eigenvalue weighted by Gasteiger charge is -2.22. The van der Waals surface area contributed by atoms with E-state index in [0.29, 0.717) is 25.7 Å². The number of rotatable bonds is 1. The van der Waals surface area contributed by atoms with Crippen molar-refractivity contribution in [1.29, 1.82) is 0 Å². The third kappa shape index (κ3) is 4.06. The van der Waals surface area contributed by atoms with Gasteiger partial charge in [-0.25, -0.2) is 4.79 Å². The van der Waals surface area contributed by atoms with Crippen molar-refractivity contribution in [3.63, 3.8) is 0 Å². The number of allylic oxidation sites excluding steroid dienone is 1. The molecule has 2 nitrogen and oxygen atoms in total. The lowest BCUT2D eigenvalue weighted by atomic mass is 10.1. The van der Waals surface area contributed by atoms with Crippen LogP contribution >= 0.6 is 0 Å². The molecule has 0 amide bonds. The van der Waals surface area contributed by atoms with Gasteiger partial charge in [0.05, 0.1) is 0 Å². The van der Waals surface area contributed by atoms with Crippen molar-refractivity contribution in [2.75, 3.05) is 0 Å². The number of hydrogen-bond donors (Lipinski definition) is 0. The maximum atomic E-state index is 12.8. The van der Waals surface area contributed by atoms with Gasteiger partial charge in [-0.3, -0.25) is 0 Å². The van der Waals surface area contributed by atoms with E-state index in [0.717, 1.165) is 0 Å². The summed E-state index contributed by atoms with van der Waals surface area (Å²) in [5, 5.41) is 0. The molecule has 0 aromatic rings. The van der Waals surface area contributed by atoms with Crippen LogP contribution in [0.3, 0.4) is 0 Å². The number of halogens is 3. The number of carbonyl (C=O) groups is 1. The Morgan fingerprint density at radius 2 is 1.59 bits per heavy atom. The first-order valence-corrected chi connectivity index (χ1v) is 5.64. The molecule has 0 atom stereocenters. The molecule has 0 heterocycles. The van der Waals surface area contributed by atoms with E-state index >= 15 is 0 Å². The highest BCUT2D eigenvalue weighted by molar-refractivity contribution is 5.91. The zero-order valence-electron chi connectivity index (χ0n) is 10.3. The van der Waals surface area contributed by atoms with Crippen LogP contribution in [-0.4, -0.2) is 17.7 Å².